The summed E-state index contributed by atoms with van der Waals surface area (Å²) in [5, 5.41) is 3.36. The molecule has 1 aromatic carbocycles. The molecule has 0 radical (unpaired) electrons. The van der Waals surface area contributed by atoms with E-state index in [-0.39, 0.29) is 11.6 Å². The molecule has 114 valence electrons. The smallest absolute Gasteiger partial charge is 0.399 e. The van der Waals surface area contributed by atoms with Crippen molar-refractivity contribution in [2.45, 2.75) is 52.6 Å². The summed E-state index contributed by atoms with van der Waals surface area (Å²) in [7, 11) is 0. The number of ether oxygens (including phenoxy) is 1. The average Bonchev–Trinajstić information content (AvgIpc) is 2.84. The van der Waals surface area contributed by atoms with Crippen molar-refractivity contribution in [2.75, 3.05) is 0 Å². The fraction of sp³-hybridized carbons (Fsp3) is 0.471. The van der Waals surface area contributed by atoms with Gasteiger partial charge in [0, 0.05) is 12.1 Å². The standard InChI is InChI=1S/C17H24N2O2/c1-12(2)13-6-8-15(9-7-13)21-16-19-14(11-20-16)10-18-17(3,4)5/h6-9,11-12,18H,10H2,1-5H3. The molecule has 2 aromatic rings. The molecule has 1 aromatic heterocycles. The van der Waals surface area contributed by atoms with Gasteiger partial charge < -0.3 is 14.5 Å². The Balaban J connectivity index is 1.96. The highest BCUT2D eigenvalue weighted by atomic mass is 16.6. The lowest BCUT2D eigenvalue weighted by molar-refractivity contribution is 0.330. The Hall–Kier alpha value is -1.81. The van der Waals surface area contributed by atoms with Crippen LogP contribution in [0.5, 0.6) is 11.8 Å². The second-order valence-electron chi connectivity index (χ2n) is 6.53. The number of nitrogens with one attached hydrogen (secondary N) is 1. The number of nitrogens with zero attached hydrogens (tertiary/aromatic N) is 1. The molecule has 1 N–H and O–H groups in total. The van der Waals surface area contributed by atoms with Crippen LogP contribution in [0.1, 0.15) is 51.8 Å². The predicted molar refractivity (Wildman–Crippen MR) is 83.7 cm³/mol. The van der Waals surface area contributed by atoms with Gasteiger partial charge in [-0.05, 0) is 44.4 Å². The number of rotatable bonds is 5. The van der Waals surface area contributed by atoms with E-state index in [1.807, 2.05) is 12.1 Å². The van der Waals surface area contributed by atoms with Crippen LogP contribution in [0, 0.1) is 0 Å². The van der Waals surface area contributed by atoms with Crippen molar-refractivity contribution in [1.82, 2.24) is 10.3 Å². The van der Waals surface area contributed by atoms with Gasteiger partial charge in [-0.15, -0.1) is 0 Å². The molecule has 21 heavy (non-hydrogen) atoms. The average molecular weight is 288 g/mol. The zero-order chi connectivity index (χ0) is 15.5. The van der Waals surface area contributed by atoms with Gasteiger partial charge in [0.25, 0.3) is 0 Å². The molecule has 0 atom stereocenters. The first-order valence-corrected chi connectivity index (χ1v) is 7.31. The van der Waals surface area contributed by atoms with Gasteiger partial charge in [0.2, 0.25) is 0 Å². The van der Waals surface area contributed by atoms with Gasteiger partial charge >= 0.3 is 6.08 Å². The Bertz CT molecular complexity index is 565. The third kappa shape index (κ3) is 4.90. The molecule has 0 unspecified atom stereocenters. The minimum absolute atomic E-state index is 0.0483. The first kappa shape index (κ1) is 15.6. The van der Waals surface area contributed by atoms with Gasteiger partial charge in [0.1, 0.15) is 12.0 Å². The second kappa shape index (κ2) is 6.31. The SMILES string of the molecule is CC(C)c1ccc(Oc2nc(CNC(C)(C)C)co2)cc1. The van der Waals surface area contributed by atoms with Gasteiger partial charge in [0.05, 0.1) is 5.69 Å². The fourth-order valence-electron chi connectivity index (χ4n) is 1.79. The highest BCUT2D eigenvalue weighted by Gasteiger charge is 2.11. The van der Waals surface area contributed by atoms with E-state index < -0.39 is 0 Å². The number of benzene rings is 1. The van der Waals surface area contributed by atoms with Crippen LogP contribution in [0.15, 0.2) is 34.9 Å². The predicted octanol–water partition coefficient (Wildman–Crippen LogP) is 4.48. The summed E-state index contributed by atoms with van der Waals surface area (Å²) in [6, 6.07) is 8.00. The number of hydrogen-bond donors (Lipinski definition) is 1. The van der Waals surface area contributed by atoms with Crippen LogP contribution in [-0.2, 0) is 6.54 Å². The van der Waals surface area contributed by atoms with E-state index in [1.54, 1.807) is 6.26 Å². The van der Waals surface area contributed by atoms with Gasteiger partial charge in [0.15, 0.2) is 0 Å². The molecular weight excluding hydrogens is 264 g/mol. The molecule has 0 aliphatic carbocycles. The summed E-state index contributed by atoms with van der Waals surface area (Å²) in [6.07, 6.45) is 1.90. The van der Waals surface area contributed by atoms with E-state index in [0.29, 0.717) is 12.5 Å². The summed E-state index contributed by atoms with van der Waals surface area (Å²) in [4.78, 5) is 4.31. The van der Waals surface area contributed by atoms with Crippen molar-refractivity contribution in [2.24, 2.45) is 0 Å². The maximum Gasteiger partial charge on any atom is 0.399 e. The lowest BCUT2D eigenvalue weighted by atomic mass is 10.0. The van der Waals surface area contributed by atoms with Crippen molar-refractivity contribution in [3.63, 3.8) is 0 Å². The second-order valence-corrected chi connectivity index (χ2v) is 6.53. The van der Waals surface area contributed by atoms with Crippen LogP contribution in [0.2, 0.25) is 0 Å². The van der Waals surface area contributed by atoms with Gasteiger partial charge in [-0.2, -0.15) is 4.98 Å². The molecule has 0 amide bonds. The van der Waals surface area contributed by atoms with Crippen LogP contribution in [0.4, 0.5) is 0 Å². The normalized spacial score (nSPS) is 11.9. The summed E-state index contributed by atoms with van der Waals surface area (Å²) in [5.41, 5.74) is 2.16. The van der Waals surface area contributed by atoms with Crippen LogP contribution < -0.4 is 10.1 Å². The van der Waals surface area contributed by atoms with Crippen molar-refractivity contribution in [1.29, 1.82) is 0 Å². The first-order valence-electron chi connectivity index (χ1n) is 7.31. The van der Waals surface area contributed by atoms with Crippen LogP contribution in [0.25, 0.3) is 0 Å². The van der Waals surface area contributed by atoms with Crippen LogP contribution in [-0.4, -0.2) is 10.5 Å². The maximum absolute atomic E-state index is 5.62. The Morgan fingerprint density at radius 1 is 1.19 bits per heavy atom. The van der Waals surface area contributed by atoms with E-state index in [1.165, 1.54) is 5.56 Å². The molecule has 4 nitrogen and oxygen atoms in total. The molecule has 0 spiro atoms. The molecule has 1 heterocycles. The highest BCUT2D eigenvalue weighted by molar-refractivity contribution is 5.30. The number of hydrogen-bond acceptors (Lipinski definition) is 4. The van der Waals surface area contributed by atoms with E-state index in [0.717, 1.165) is 11.4 Å². The van der Waals surface area contributed by atoms with E-state index in [4.69, 9.17) is 9.15 Å². The molecule has 0 saturated heterocycles. The summed E-state index contributed by atoms with van der Waals surface area (Å²) in [5.74, 6) is 1.24. The van der Waals surface area contributed by atoms with Gasteiger partial charge in [-0.25, -0.2) is 0 Å². The number of oxazole rings is 1. The minimum Gasteiger partial charge on any atom is -0.417 e. The van der Waals surface area contributed by atoms with Crippen molar-refractivity contribution < 1.29 is 9.15 Å². The zero-order valence-electron chi connectivity index (χ0n) is 13.4. The molecule has 0 saturated carbocycles. The Morgan fingerprint density at radius 3 is 2.43 bits per heavy atom. The largest absolute Gasteiger partial charge is 0.417 e. The summed E-state index contributed by atoms with van der Waals surface area (Å²) in [6.45, 7) is 11.3. The lowest BCUT2D eigenvalue weighted by Gasteiger charge is -2.19. The maximum atomic E-state index is 5.62. The van der Waals surface area contributed by atoms with Crippen molar-refractivity contribution >= 4 is 0 Å². The molecule has 0 bridgehead atoms. The molecule has 0 aliphatic heterocycles. The summed E-state index contributed by atoms with van der Waals surface area (Å²) >= 11 is 0. The topological polar surface area (TPSA) is 47.3 Å². The minimum atomic E-state index is 0.0483. The van der Waals surface area contributed by atoms with Crippen molar-refractivity contribution in [3.8, 4) is 11.8 Å². The molecule has 4 heteroatoms. The number of aromatic nitrogens is 1. The molecule has 0 aliphatic rings. The quantitative estimate of drug-likeness (QED) is 0.881. The van der Waals surface area contributed by atoms with Gasteiger partial charge in [-0.3, -0.25) is 0 Å². The van der Waals surface area contributed by atoms with E-state index in [9.17, 15) is 0 Å². The van der Waals surface area contributed by atoms with E-state index in [2.05, 4.69) is 57.1 Å². The first-order chi connectivity index (χ1) is 9.83. The van der Waals surface area contributed by atoms with Gasteiger partial charge in [-0.1, -0.05) is 26.0 Å². The summed E-state index contributed by atoms with van der Waals surface area (Å²) < 4.78 is 11.0. The Morgan fingerprint density at radius 2 is 1.86 bits per heavy atom. The molecule has 2 rings (SSSR count). The lowest BCUT2D eigenvalue weighted by Crippen LogP contribution is -2.35. The zero-order valence-corrected chi connectivity index (χ0v) is 13.4. The molecular formula is C17H24N2O2. The van der Waals surface area contributed by atoms with Crippen LogP contribution in [0.3, 0.4) is 0 Å². The molecule has 0 fully saturated rings. The monoisotopic (exact) mass is 288 g/mol. The van der Waals surface area contributed by atoms with Crippen molar-refractivity contribution in [3.05, 3.63) is 41.8 Å². The highest BCUT2D eigenvalue weighted by Crippen LogP contribution is 2.23. The third-order valence-electron chi connectivity index (χ3n) is 3.08. The third-order valence-corrected chi connectivity index (χ3v) is 3.08. The van der Waals surface area contributed by atoms with E-state index >= 15 is 0 Å². The van der Waals surface area contributed by atoms with Crippen LogP contribution >= 0.6 is 0 Å². The fourth-order valence-corrected chi connectivity index (χ4v) is 1.79. The Kier molecular flexibility index (Phi) is 4.68. The Labute approximate surface area is 126 Å².